The second kappa shape index (κ2) is 12.9. The number of ether oxygens (including phenoxy) is 2. The van der Waals surface area contributed by atoms with Gasteiger partial charge in [0.15, 0.2) is 11.5 Å². The van der Waals surface area contributed by atoms with Gasteiger partial charge < -0.3 is 30.0 Å². The highest BCUT2D eigenvalue weighted by molar-refractivity contribution is 5.78. The van der Waals surface area contributed by atoms with Crippen LogP contribution in [0.2, 0.25) is 0 Å². The SMILES string of the molecule is CC(=O)NCCn1c(C2CCCN(C(=O)CC(N)Cc3ccc(-c4ccc5c(c4)OCCO5)cc3)C2)nc2ccccc21. The molecule has 9 heteroatoms. The number of rotatable bonds is 9. The van der Waals surface area contributed by atoms with Crippen LogP contribution in [0.3, 0.4) is 0 Å². The number of fused-ring (bicyclic) bond motifs is 2. The summed E-state index contributed by atoms with van der Waals surface area (Å²) in [5, 5.41) is 2.89. The number of nitrogens with zero attached hydrogens (tertiary/aromatic N) is 3. The molecule has 6 rings (SSSR count). The van der Waals surface area contributed by atoms with Gasteiger partial charge in [0.1, 0.15) is 19.0 Å². The van der Waals surface area contributed by atoms with Crippen LogP contribution in [0.25, 0.3) is 22.2 Å². The van der Waals surface area contributed by atoms with E-state index in [1.54, 1.807) is 0 Å². The number of carbonyl (C=O) groups is 2. The normalized spacial score (nSPS) is 17.1. The highest BCUT2D eigenvalue weighted by atomic mass is 16.6. The molecular weight excluding hydrogens is 542 g/mol. The number of para-hydroxylation sites is 2. The number of likely N-dealkylation sites (tertiary alicyclic amines) is 1. The summed E-state index contributed by atoms with van der Waals surface area (Å²) in [4.78, 5) is 31.8. The van der Waals surface area contributed by atoms with Crippen LogP contribution in [-0.4, -0.2) is 65.2 Å². The topological polar surface area (TPSA) is 112 Å². The maximum absolute atomic E-state index is 13.4. The van der Waals surface area contributed by atoms with E-state index in [4.69, 9.17) is 20.2 Å². The zero-order valence-electron chi connectivity index (χ0n) is 24.6. The third kappa shape index (κ3) is 6.67. The molecule has 0 spiro atoms. The summed E-state index contributed by atoms with van der Waals surface area (Å²) >= 11 is 0. The van der Waals surface area contributed by atoms with Crippen LogP contribution in [-0.2, 0) is 22.6 Å². The van der Waals surface area contributed by atoms with E-state index in [1.807, 2.05) is 41.3 Å². The summed E-state index contributed by atoms with van der Waals surface area (Å²) in [6, 6.07) is 22.1. The maximum Gasteiger partial charge on any atom is 0.224 e. The van der Waals surface area contributed by atoms with Crippen LogP contribution in [0.5, 0.6) is 11.5 Å². The van der Waals surface area contributed by atoms with Crippen molar-refractivity contribution >= 4 is 22.8 Å². The summed E-state index contributed by atoms with van der Waals surface area (Å²) in [5.74, 6) is 2.70. The van der Waals surface area contributed by atoms with Gasteiger partial charge in [0.2, 0.25) is 11.8 Å². The predicted octanol–water partition coefficient (Wildman–Crippen LogP) is 4.28. The summed E-state index contributed by atoms with van der Waals surface area (Å²) in [6.45, 7) is 5.19. The molecule has 43 heavy (non-hydrogen) atoms. The molecule has 0 bridgehead atoms. The van der Waals surface area contributed by atoms with Crippen molar-refractivity contribution in [3.05, 3.63) is 78.1 Å². The van der Waals surface area contributed by atoms with Crippen molar-refractivity contribution in [3.8, 4) is 22.6 Å². The van der Waals surface area contributed by atoms with Crippen LogP contribution in [0.4, 0.5) is 0 Å². The number of aromatic nitrogens is 2. The fourth-order valence-corrected chi connectivity index (χ4v) is 6.18. The van der Waals surface area contributed by atoms with E-state index in [2.05, 4.69) is 40.2 Å². The Morgan fingerprint density at radius 1 is 1.02 bits per heavy atom. The van der Waals surface area contributed by atoms with E-state index in [-0.39, 0.29) is 23.8 Å². The Kier molecular flexibility index (Phi) is 8.60. The molecule has 9 nitrogen and oxygen atoms in total. The minimum absolute atomic E-state index is 0.0484. The predicted molar refractivity (Wildman–Crippen MR) is 166 cm³/mol. The van der Waals surface area contributed by atoms with Crippen LogP contribution >= 0.6 is 0 Å². The Labute approximate surface area is 252 Å². The molecule has 2 atom stereocenters. The van der Waals surface area contributed by atoms with Crippen LogP contribution in [0, 0.1) is 0 Å². The molecule has 3 aromatic carbocycles. The van der Waals surface area contributed by atoms with Crippen molar-refractivity contribution in [3.63, 3.8) is 0 Å². The first-order valence-corrected chi connectivity index (χ1v) is 15.2. The first-order valence-electron chi connectivity index (χ1n) is 15.2. The maximum atomic E-state index is 13.4. The van der Waals surface area contributed by atoms with Crippen molar-refractivity contribution < 1.29 is 19.1 Å². The highest BCUT2D eigenvalue weighted by Gasteiger charge is 2.29. The minimum atomic E-state index is -0.268. The lowest BCUT2D eigenvalue weighted by Crippen LogP contribution is -2.42. The van der Waals surface area contributed by atoms with Crippen molar-refractivity contribution in [2.24, 2.45) is 5.73 Å². The second-order valence-electron chi connectivity index (χ2n) is 11.5. The number of hydrogen-bond acceptors (Lipinski definition) is 6. The highest BCUT2D eigenvalue weighted by Crippen LogP contribution is 2.35. The average Bonchev–Trinajstić information content (AvgIpc) is 3.39. The third-order valence-corrected chi connectivity index (χ3v) is 8.30. The molecule has 4 aromatic rings. The van der Waals surface area contributed by atoms with Gasteiger partial charge >= 0.3 is 0 Å². The molecule has 2 unspecified atom stereocenters. The first kappa shape index (κ1) is 28.7. The lowest BCUT2D eigenvalue weighted by Gasteiger charge is -2.33. The van der Waals surface area contributed by atoms with E-state index in [0.717, 1.165) is 64.4 Å². The van der Waals surface area contributed by atoms with Crippen LogP contribution in [0.15, 0.2) is 66.7 Å². The van der Waals surface area contributed by atoms with Gasteiger partial charge in [0.05, 0.1) is 11.0 Å². The van der Waals surface area contributed by atoms with Gasteiger partial charge in [0, 0.05) is 51.5 Å². The number of nitrogens with two attached hydrogens (primary N) is 1. The number of nitrogens with one attached hydrogen (secondary N) is 1. The van der Waals surface area contributed by atoms with E-state index in [0.29, 0.717) is 45.7 Å². The monoisotopic (exact) mass is 581 g/mol. The summed E-state index contributed by atoms with van der Waals surface area (Å²) in [6.07, 6.45) is 2.82. The largest absolute Gasteiger partial charge is 0.486 e. The van der Waals surface area contributed by atoms with Gasteiger partial charge in [-0.15, -0.1) is 0 Å². The molecule has 0 radical (unpaired) electrons. The van der Waals surface area contributed by atoms with E-state index in [9.17, 15) is 9.59 Å². The first-order chi connectivity index (χ1) is 20.9. The van der Waals surface area contributed by atoms with Gasteiger partial charge in [-0.3, -0.25) is 9.59 Å². The fraction of sp³-hybridized carbons (Fsp3) is 0.382. The van der Waals surface area contributed by atoms with Gasteiger partial charge in [-0.25, -0.2) is 4.98 Å². The molecule has 2 aliphatic heterocycles. The van der Waals surface area contributed by atoms with Crippen molar-refractivity contribution in [2.45, 2.75) is 51.1 Å². The zero-order valence-corrected chi connectivity index (χ0v) is 24.6. The molecule has 2 amide bonds. The molecule has 1 saturated heterocycles. The average molecular weight is 582 g/mol. The number of hydrogen-bond donors (Lipinski definition) is 2. The number of amides is 2. The summed E-state index contributed by atoms with van der Waals surface area (Å²) in [7, 11) is 0. The molecular formula is C34H39N5O4. The van der Waals surface area contributed by atoms with E-state index < -0.39 is 0 Å². The Morgan fingerprint density at radius 2 is 1.79 bits per heavy atom. The van der Waals surface area contributed by atoms with Gasteiger partial charge in [-0.05, 0) is 60.2 Å². The van der Waals surface area contributed by atoms with E-state index >= 15 is 0 Å². The zero-order chi connectivity index (χ0) is 29.8. The van der Waals surface area contributed by atoms with Gasteiger partial charge in [0.25, 0.3) is 0 Å². The molecule has 3 N–H and O–H groups in total. The molecule has 1 fully saturated rings. The molecule has 224 valence electrons. The standard InChI is InChI=1S/C34H39N5O4/c1-23(40)36-14-16-39-30-7-3-2-6-29(30)37-34(39)27-5-4-15-38(22-27)33(41)21-28(35)19-24-8-10-25(11-9-24)26-12-13-31-32(20-26)43-18-17-42-31/h2-3,6-13,20,27-28H,4-5,14-19,21-22,35H2,1H3,(H,36,40). The van der Waals surface area contributed by atoms with Crippen LogP contribution < -0.4 is 20.5 Å². The third-order valence-electron chi connectivity index (χ3n) is 8.30. The van der Waals surface area contributed by atoms with Gasteiger partial charge in [-0.1, -0.05) is 42.5 Å². The molecule has 3 heterocycles. The smallest absolute Gasteiger partial charge is 0.224 e. The quantitative estimate of drug-likeness (QED) is 0.305. The molecule has 0 aliphatic carbocycles. The molecule has 0 saturated carbocycles. The Bertz CT molecular complexity index is 1600. The van der Waals surface area contributed by atoms with Crippen molar-refractivity contribution in [1.29, 1.82) is 0 Å². The Morgan fingerprint density at radius 3 is 2.60 bits per heavy atom. The Balaban J connectivity index is 1.07. The van der Waals surface area contributed by atoms with E-state index in [1.165, 1.54) is 6.92 Å². The van der Waals surface area contributed by atoms with Crippen molar-refractivity contribution in [1.82, 2.24) is 19.8 Å². The van der Waals surface area contributed by atoms with Gasteiger partial charge in [-0.2, -0.15) is 0 Å². The molecule has 1 aromatic heterocycles. The lowest BCUT2D eigenvalue weighted by molar-refractivity contribution is -0.132. The molecule has 2 aliphatic rings. The van der Waals surface area contributed by atoms with Crippen molar-refractivity contribution in [2.75, 3.05) is 32.8 Å². The fourth-order valence-electron chi connectivity index (χ4n) is 6.18. The second-order valence-corrected chi connectivity index (χ2v) is 11.5. The van der Waals surface area contributed by atoms with Crippen LogP contribution in [0.1, 0.15) is 43.5 Å². The number of benzene rings is 3. The number of piperidine rings is 1. The lowest BCUT2D eigenvalue weighted by atomic mass is 9.95. The number of imidazole rings is 1. The minimum Gasteiger partial charge on any atom is -0.486 e. The Hall–Kier alpha value is -4.37. The summed E-state index contributed by atoms with van der Waals surface area (Å²) in [5.41, 5.74) is 11.8. The number of carbonyl (C=O) groups excluding carboxylic acids is 2. The summed E-state index contributed by atoms with van der Waals surface area (Å²) < 4.78 is 13.6.